The van der Waals surface area contributed by atoms with E-state index in [9.17, 15) is 0 Å². The molecule has 0 aromatic carbocycles. The number of anilines is 1. The highest BCUT2D eigenvalue weighted by molar-refractivity contribution is 7.99. The standard InChI is InChI=1S/C10H10N4OS/c1-15-8-9(11)13-6-14-10(8)16-7-4-2-3-5-12-7/h2-6H,1H3,(H2,11,13,14). The molecule has 0 aliphatic rings. The van der Waals surface area contributed by atoms with E-state index < -0.39 is 0 Å². The molecule has 0 aliphatic heterocycles. The molecule has 0 unspecified atom stereocenters. The number of rotatable bonds is 3. The maximum atomic E-state index is 5.68. The highest BCUT2D eigenvalue weighted by Crippen LogP contribution is 2.34. The van der Waals surface area contributed by atoms with Crippen molar-refractivity contribution in [3.05, 3.63) is 30.7 Å². The summed E-state index contributed by atoms with van der Waals surface area (Å²) < 4.78 is 5.15. The van der Waals surface area contributed by atoms with Crippen LogP contribution in [-0.4, -0.2) is 22.1 Å². The second-order valence-electron chi connectivity index (χ2n) is 2.87. The Hall–Kier alpha value is -1.82. The molecule has 2 heterocycles. The van der Waals surface area contributed by atoms with Crippen molar-refractivity contribution in [1.82, 2.24) is 15.0 Å². The number of pyridine rings is 1. The Balaban J connectivity index is 2.31. The van der Waals surface area contributed by atoms with Gasteiger partial charge >= 0.3 is 0 Å². The van der Waals surface area contributed by atoms with Crippen LogP contribution in [0.4, 0.5) is 5.82 Å². The first-order valence-corrected chi connectivity index (χ1v) is 5.36. The van der Waals surface area contributed by atoms with E-state index >= 15 is 0 Å². The van der Waals surface area contributed by atoms with Gasteiger partial charge in [0.05, 0.1) is 7.11 Å². The minimum absolute atomic E-state index is 0.330. The zero-order chi connectivity index (χ0) is 11.4. The predicted molar refractivity (Wildman–Crippen MR) is 61.4 cm³/mol. The van der Waals surface area contributed by atoms with Gasteiger partial charge in [-0.25, -0.2) is 15.0 Å². The third kappa shape index (κ3) is 2.22. The molecule has 0 saturated carbocycles. The van der Waals surface area contributed by atoms with Crippen molar-refractivity contribution in [2.45, 2.75) is 10.1 Å². The number of aromatic nitrogens is 3. The Bertz CT molecular complexity index is 478. The lowest BCUT2D eigenvalue weighted by Crippen LogP contribution is -1.99. The van der Waals surface area contributed by atoms with Crippen LogP contribution in [0.2, 0.25) is 0 Å². The minimum atomic E-state index is 0.330. The molecule has 0 amide bonds. The molecule has 0 bridgehead atoms. The van der Waals surface area contributed by atoms with Crippen LogP contribution in [0.3, 0.4) is 0 Å². The molecular formula is C10H10N4OS. The Labute approximate surface area is 97.1 Å². The number of hydrogen-bond donors (Lipinski definition) is 1. The van der Waals surface area contributed by atoms with Gasteiger partial charge in [-0.2, -0.15) is 0 Å². The molecule has 5 nitrogen and oxygen atoms in total. The maximum Gasteiger partial charge on any atom is 0.193 e. The van der Waals surface area contributed by atoms with Gasteiger partial charge in [-0.1, -0.05) is 6.07 Å². The summed E-state index contributed by atoms with van der Waals surface area (Å²) in [5.74, 6) is 0.814. The minimum Gasteiger partial charge on any atom is -0.490 e. The first-order chi connectivity index (χ1) is 7.81. The Kier molecular flexibility index (Phi) is 3.21. The van der Waals surface area contributed by atoms with Crippen LogP contribution in [0.25, 0.3) is 0 Å². The van der Waals surface area contributed by atoms with Crippen molar-refractivity contribution in [3.63, 3.8) is 0 Å². The van der Waals surface area contributed by atoms with Gasteiger partial charge in [0.25, 0.3) is 0 Å². The van der Waals surface area contributed by atoms with Crippen LogP contribution in [0, 0.1) is 0 Å². The summed E-state index contributed by atoms with van der Waals surface area (Å²) in [5, 5.41) is 1.49. The lowest BCUT2D eigenvalue weighted by molar-refractivity contribution is 0.401. The highest BCUT2D eigenvalue weighted by atomic mass is 32.2. The monoisotopic (exact) mass is 234 g/mol. The summed E-state index contributed by atoms with van der Waals surface area (Å²) in [7, 11) is 1.54. The van der Waals surface area contributed by atoms with Gasteiger partial charge in [0.2, 0.25) is 0 Å². The van der Waals surface area contributed by atoms with Gasteiger partial charge in [-0.15, -0.1) is 0 Å². The molecule has 2 N–H and O–H groups in total. The zero-order valence-corrected chi connectivity index (χ0v) is 9.44. The number of nitrogen functional groups attached to an aromatic ring is 1. The summed E-state index contributed by atoms with van der Waals surface area (Å²) in [6.07, 6.45) is 3.13. The quantitative estimate of drug-likeness (QED) is 0.813. The largest absolute Gasteiger partial charge is 0.490 e. The second kappa shape index (κ2) is 4.80. The molecule has 2 aromatic rings. The van der Waals surface area contributed by atoms with E-state index in [1.165, 1.54) is 25.2 Å². The second-order valence-corrected chi connectivity index (χ2v) is 3.88. The molecule has 0 spiro atoms. The molecule has 2 rings (SSSR count). The number of methoxy groups -OCH3 is 1. The van der Waals surface area contributed by atoms with Gasteiger partial charge in [0, 0.05) is 6.20 Å². The fourth-order valence-electron chi connectivity index (χ4n) is 1.14. The predicted octanol–water partition coefficient (Wildman–Crippen LogP) is 1.61. The van der Waals surface area contributed by atoms with E-state index in [1.54, 1.807) is 6.20 Å². The normalized spacial score (nSPS) is 10.1. The summed E-state index contributed by atoms with van der Waals surface area (Å²) in [5.41, 5.74) is 5.68. The molecule has 0 aliphatic carbocycles. The Morgan fingerprint density at radius 1 is 1.25 bits per heavy atom. The van der Waals surface area contributed by atoms with E-state index in [-0.39, 0.29) is 0 Å². The summed E-state index contributed by atoms with van der Waals surface area (Å²) in [4.78, 5) is 12.2. The van der Waals surface area contributed by atoms with Crippen molar-refractivity contribution in [3.8, 4) is 5.75 Å². The van der Waals surface area contributed by atoms with E-state index in [0.29, 0.717) is 16.6 Å². The summed E-state index contributed by atoms with van der Waals surface area (Å²) in [6, 6.07) is 5.66. The number of nitrogens with zero attached hydrogens (tertiary/aromatic N) is 3. The molecule has 0 radical (unpaired) electrons. The molecule has 6 heteroatoms. The molecular weight excluding hydrogens is 224 g/mol. The maximum absolute atomic E-state index is 5.68. The summed E-state index contributed by atoms with van der Waals surface area (Å²) in [6.45, 7) is 0. The zero-order valence-electron chi connectivity index (χ0n) is 8.62. The lowest BCUT2D eigenvalue weighted by Gasteiger charge is -2.07. The highest BCUT2D eigenvalue weighted by Gasteiger charge is 2.11. The van der Waals surface area contributed by atoms with E-state index in [1.807, 2.05) is 18.2 Å². The van der Waals surface area contributed by atoms with Crippen molar-refractivity contribution in [2.24, 2.45) is 0 Å². The van der Waals surface area contributed by atoms with Crippen LogP contribution >= 0.6 is 11.8 Å². The number of ether oxygens (including phenoxy) is 1. The van der Waals surface area contributed by atoms with Crippen molar-refractivity contribution >= 4 is 17.6 Å². The third-order valence-corrected chi connectivity index (χ3v) is 2.78. The van der Waals surface area contributed by atoms with Crippen LogP contribution in [0.1, 0.15) is 0 Å². The van der Waals surface area contributed by atoms with Gasteiger partial charge in [0.15, 0.2) is 11.6 Å². The molecule has 0 saturated heterocycles. The summed E-state index contributed by atoms with van der Waals surface area (Å²) >= 11 is 1.39. The average molecular weight is 234 g/mol. The van der Waals surface area contributed by atoms with Crippen LogP contribution in [0.15, 0.2) is 40.8 Å². The van der Waals surface area contributed by atoms with Crippen LogP contribution in [0.5, 0.6) is 5.75 Å². The third-order valence-electron chi connectivity index (χ3n) is 1.84. The van der Waals surface area contributed by atoms with Crippen LogP contribution in [-0.2, 0) is 0 Å². The molecule has 0 atom stereocenters. The van der Waals surface area contributed by atoms with Crippen molar-refractivity contribution < 1.29 is 4.74 Å². The smallest absolute Gasteiger partial charge is 0.193 e. The molecule has 2 aromatic heterocycles. The average Bonchev–Trinajstić information content (AvgIpc) is 2.31. The van der Waals surface area contributed by atoms with E-state index in [4.69, 9.17) is 10.5 Å². The van der Waals surface area contributed by atoms with Gasteiger partial charge in [-0.3, -0.25) is 0 Å². The lowest BCUT2D eigenvalue weighted by atomic mass is 10.5. The molecule has 16 heavy (non-hydrogen) atoms. The first kappa shape index (κ1) is 10.7. The van der Waals surface area contributed by atoms with E-state index in [2.05, 4.69) is 15.0 Å². The van der Waals surface area contributed by atoms with Crippen molar-refractivity contribution in [2.75, 3.05) is 12.8 Å². The first-order valence-electron chi connectivity index (χ1n) is 4.54. The Morgan fingerprint density at radius 3 is 2.81 bits per heavy atom. The van der Waals surface area contributed by atoms with Crippen molar-refractivity contribution in [1.29, 1.82) is 0 Å². The van der Waals surface area contributed by atoms with Crippen LogP contribution < -0.4 is 10.5 Å². The molecule has 82 valence electrons. The topological polar surface area (TPSA) is 73.9 Å². The Morgan fingerprint density at radius 2 is 2.12 bits per heavy atom. The van der Waals surface area contributed by atoms with Gasteiger partial charge in [0.1, 0.15) is 16.4 Å². The SMILES string of the molecule is COc1c(N)ncnc1Sc1ccccn1. The van der Waals surface area contributed by atoms with E-state index in [0.717, 1.165) is 5.03 Å². The fraction of sp³-hybridized carbons (Fsp3) is 0.100. The number of hydrogen-bond acceptors (Lipinski definition) is 6. The molecule has 0 fully saturated rings. The van der Waals surface area contributed by atoms with Gasteiger partial charge in [-0.05, 0) is 23.9 Å². The van der Waals surface area contributed by atoms with Gasteiger partial charge < -0.3 is 10.5 Å². The number of nitrogens with two attached hydrogens (primary N) is 1. The fourth-order valence-corrected chi connectivity index (χ4v) is 1.98.